The molecule has 0 fully saturated rings. The number of thiazole rings is 1. The van der Waals surface area contributed by atoms with E-state index in [1.807, 2.05) is 35.7 Å². The number of hydrogen-bond donors (Lipinski definition) is 1. The molecule has 0 unspecified atom stereocenters. The highest BCUT2D eigenvalue weighted by molar-refractivity contribution is 7.18. The third kappa shape index (κ3) is 4.36. The number of nitrogens with zero attached hydrogens (tertiary/aromatic N) is 3. The molecule has 4 rings (SSSR count). The molecular formula is C19H14N4O2S2. The van der Waals surface area contributed by atoms with Crippen molar-refractivity contribution in [2.24, 2.45) is 0 Å². The minimum atomic E-state index is -0.239. The van der Waals surface area contributed by atoms with Crippen LogP contribution in [-0.2, 0) is 6.61 Å². The first kappa shape index (κ1) is 17.3. The third-order valence-corrected chi connectivity index (χ3v) is 5.18. The van der Waals surface area contributed by atoms with E-state index in [-0.39, 0.29) is 5.91 Å². The van der Waals surface area contributed by atoms with E-state index in [9.17, 15) is 4.79 Å². The Labute approximate surface area is 163 Å². The Morgan fingerprint density at radius 1 is 1.04 bits per heavy atom. The summed E-state index contributed by atoms with van der Waals surface area (Å²) in [6.07, 6.45) is 0. The zero-order valence-electron chi connectivity index (χ0n) is 14.0. The van der Waals surface area contributed by atoms with Gasteiger partial charge in [0.1, 0.15) is 17.4 Å². The summed E-state index contributed by atoms with van der Waals surface area (Å²) in [4.78, 5) is 16.6. The van der Waals surface area contributed by atoms with Crippen molar-refractivity contribution in [3.63, 3.8) is 0 Å². The van der Waals surface area contributed by atoms with Crippen LogP contribution in [-0.4, -0.2) is 21.1 Å². The largest absolute Gasteiger partial charge is 0.487 e. The second kappa shape index (κ2) is 8.07. The first-order valence-corrected chi connectivity index (χ1v) is 9.84. The summed E-state index contributed by atoms with van der Waals surface area (Å²) in [5.41, 5.74) is 4.14. The van der Waals surface area contributed by atoms with Crippen molar-refractivity contribution < 1.29 is 9.53 Å². The number of anilines is 1. The van der Waals surface area contributed by atoms with E-state index in [1.54, 1.807) is 29.8 Å². The smallest absolute Gasteiger partial charge is 0.257 e. The molecule has 0 aliphatic rings. The molecular weight excluding hydrogens is 380 g/mol. The molecule has 0 saturated heterocycles. The van der Waals surface area contributed by atoms with E-state index in [4.69, 9.17) is 4.74 Å². The number of carbonyl (C=O) groups is 1. The molecule has 0 aliphatic carbocycles. The zero-order chi connectivity index (χ0) is 18.5. The Morgan fingerprint density at radius 2 is 1.85 bits per heavy atom. The number of benzene rings is 2. The van der Waals surface area contributed by atoms with Gasteiger partial charge in [0, 0.05) is 16.5 Å². The molecule has 2 aromatic carbocycles. The fourth-order valence-corrected chi connectivity index (χ4v) is 3.60. The lowest BCUT2D eigenvalue weighted by atomic mass is 10.2. The van der Waals surface area contributed by atoms with Crippen LogP contribution in [0.2, 0.25) is 0 Å². The summed E-state index contributed by atoms with van der Waals surface area (Å²) < 4.78 is 5.65. The van der Waals surface area contributed by atoms with Crippen molar-refractivity contribution in [3.8, 4) is 16.3 Å². The first-order chi connectivity index (χ1) is 13.3. The van der Waals surface area contributed by atoms with Crippen LogP contribution in [0.3, 0.4) is 0 Å². The Balaban J connectivity index is 1.37. The molecule has 0 atom stereocenters. The van der Waals surface area contributed by atoms with Crippen molar-refractivity contribution in [2.75, 3.05) is 5.32 Å². The van der Waals surface area contributed by atoms with Gasteiger partial charge in [-0.2, -0.15) is 0 Å². The first-order valence-electron chi connectivity index (χ1n) is 8.08. The second-order valence-corrected chi connectivity index (χ2v) is 7.22. The van der Waals surface area contributed by atoms with Crippen LogP contribution in [0.15, 0.2) is 65.5 Å². The van der Waals surface area contributed by atoms with Crippen molar-refractivity contribution >= 4 is 33.7 Å². The molecule has 0 bridgehead atoms. The van der Waals surface area contributed by atoms with E-state index in [0.29, 0.717) is 23.1 Å². The molecule has 8 heteroatoms. The van der Waals surface area contributed by atoms with Gasteiger partial charge in [0.05, 0.1) is 11.2 Å². The lowest BCUT2D eigenvalue weighted by Gasteiger charge is -2.05. The Bertz CT molecular complexity index is 1020. The normalized spacial score (nSPS) is 10.5. The maximum absolute atomic E-state index is 12.4. The summed E-state index contributed by atoms with van der Waals surface area (Å²) in [5, 5.41) is 14.1. The molecule has 2 aromatic heterocycles. The van der Waals surface area contributed by atoms with E-state index in [2.05, 4.69) is 20.5 Å². The highest BCUT2D eigenvalue weighted by Crippen LogP contribution is 2.26. The molecule has 1 amide bonds. The molecule has 134 valence electrons. The highest BCUT2D eigenvalue weighted by Gasteiger charge is 2.11. The Morgan fingerprint density at radius 3 is 2.59 bits per heavy atom. The quantitative estimate of drug-likeness (QED) is 0.521. The van der Waals surface area contributed by atoms with E-state index < -0.39 is 0 Å². The number of ether oxygens (including phenoxy) is 1. The van der Waals surface area contributed by atoms with E-state index in [1.165, 1.54) is 22.7 Å². The lowest BCUT2D eigenvalue weighted by molar-refractivity contribution is 0.102. The maximum atomic E-state index is 12.4. The van der Waals surface area contributed by atoms with Crippen LogP contribution in [0.5, 0.6) is 5.75 Å². The number of aromatic nitrogens is 3. The van der Waals surface area contributed by atoms with E-state index >= 15 is 0 Å². The number of nitrogens with one attached hydrogen (secondary N) is 1. The van der Waals surface area contributed by atoms with Gasteiger partial charge in [-0.15, -0.1) is 21.5 Å². The standard InChI is InChI=1S/C19H14N4O2S2/c24-17(21-19-23-22-18(27-19)14-4-2-1-3-5-14)13-6-8-16(9-7-13)25-10-15-11-26-12-20-15/h1-9,11-12H,10H2,(H,21,23,24). The molecule has 1 N–H and O–H groups in total. The number of carbonyl (C=O) groups excluding carboxylic acids is 1. The van der Waals surface area contributed by atoms with Crippen LogP contribution in [0.4, 0.5) is 5.13 Å². The van der Waals surface area contributed by atoms with Gasteiger partial charge in [-0.05, 0) is 24.3 Å². The fourth-order valence-electron chi connectivity index (χ4n) is 2.31. The minimum absolute atomic E-state index is 0.239. The molecule has 0 saturated carbocycles. The Kier molecular flexibility index (Phi) is 5.17. The average Bonchev–Trinajstić information content (AvgIpc) is 3.39. The van der Waals surface area contributed by atoms with Crippen LogP contribution in [0, 0.1) is 0 Å². The average molecular weight is 394 g/mol. The van der Waals surface area contributed by atoms with Gasteiger partial charge in [-0.3, -0.25) is 10.1 Å². The Hall–Kier alpha value is -3.10. The molecule has 0 spiro atoms. The number of rotatable bonds is 6. The second-order valence-electron chi connectivity index (χ2n) is 5.53. The number of amides is 1. The topological polar surface area (TPSA) is 77.0 Å². The molecule has 6 nitrogen and oxygen atoms in total. The van der Waals surface area contributed by atoms with Crippen LogP contribution in [0.25, 0.3) is 10.6 Å². The molecule has 0 aliphatic heterocycles. The summed E-state index contributed by atoms with van der Waals surface area (Å²) in [7, 11) is 0. The van der Waals surface area contributed by atoms with E-state index in [0.717, 1.165) is 16.3 Å². The van der Waals surface area contributed by atoms with Gasteiger partial charge >= 0.3 is 0 Å². The van der Waals surface area contributed by atoms with Crippen molar-refractivity contribution in [1.29, 1.82) is 0 Å². The fraction of sp³-hybridized carbons (Fsp3) is 0.0526. The minimum Gasteiger partial charge on any atom is -0.487 e. The molecule has 4 aromatic rings. The van der Waals surface area contributed by atoms with Crippen LogP contribution in [0.1, 0.15) is 16.1 Å². The van der Waals surface area contributed by atoms with Gasteiger partial charge in [0.15, 0.2) is 0 Å². The summed E-state index contributed by atoms with van der Waals surface area (Å²) >= 11 is 2.86. The monoisotopic (exact) mass is 394 g/mol. The van der Waals surface area contributed by atoms with Crippen LogP contribution < -0.4 is 10.1 Å². The lowest BCUT2D eigenvalue weighted by Crippen LogP contribution is -2.11. The highest BCUT2D eigenvalue weighted by atomic mass is 32.1. The van der Waals surface area contributed by atoms with Gasteiger partial charge in [-0.1, -0.05) is 41.7 Å². The number of hydrogen-bond acceptors (Lipinski definition) is 7. The molecule has 0 radical (unpaired) electrons. The zero-order valence-corrected chi connectivity index (χ0v) is 15.7. The summed E-state index contributed by atoms with van der Waals surface area (Å²) in [6.45, 7) is 0.405. The van der Waals surface area contributed by atoms with Crippen LogP contribution >= 0.6 is 22.7 Å². The molecule has 27 heavy (non-hydrogen) atoms. The predicted molar refractivity (Wildman–Crippen MR) is 106 cm³/mol. The predicted octanol–water partition coefficient (Wildman–Crippen LogP) is 4.49. The maximum Gasteiger partial charge on any atom is 0.257 e. The molecule has 2 heterocycles. The van der Waals surface area contributed by atoms with Gasteiger partial charge in [-0.25, -0.2) is 4.98 Å². The van der Waals surface area contributed by atoms with Gasteiger partial charge in [0.2, 0.25) is 5.13 Å². The van der Waals surface area contributed by atoms with Crippen molar-refractivity contribution in [2.45, 2.75) is 6.61 Å². The summed E-state index contributed by atoms with van der Waals surface area (Å²) in [6, 6.07) is 16.7. The summed E-state index contributed by atoms with van der Waals surface area (Å²) in [5.74, 6) is 0.443. The third-order valence-electron chi connectivity index (χ3n) is 3.65. The van der Waals surface area contributed by atoms with Crippen molar-refractivity contribution in [1.82, 2.24) is 15.2 Å². The SMILES string of the molecule is O=C(Nc1nnc(-c2ccccc2)s1)c1ccc(OCc2cscn2)cc1. The van der Waals surface area contributed by atoms with Crippen molar-refractivity contribution in [3.05, 3.63) is 76.7 Å². The van der Waals surface area contributed by atoms with Gasteiger partial charge in [0.25, 0.3) is 5.91 Å². The van der Waals surface area contributed by atoms with Gasteiger partial charge < -0.3 is 4.74 Å².